The topological polar surface area (TPSA) is 102 Å². The number of aryl methyl sites for hydroxylation is 1. The molecule has 6 nitrogen and oxygen atoms in total. The Morgan fingerprint density at radius 2 is 2.07 bits per heavy atom. The Morgan fingerprint density at radius 1 is 1.25 bits per heavy atom. The van der Waals surface area contributed by atoms with E-state index in [4.69, 9.17) is 20.3 Å². The summed E-state index contributed by atoms with van der Waals surface area (Å²) in [4.78, 5) is 17.9. The number of benzene rings is 1. The molecule has 1 saturated carbocycles. The predicted octanol–water partition coefficient (Wildman–Crippen LogP) is 3.83. The molecule has 1 fully saturated rings. The van der Waals surface area contributed by atoms with Gasteiger partial charge in [0.15, 0.2) is 0 Å². The minimum atomic E-state index is -4.48. The first kappa shape index (κ1) is 21.9. The first-order valence-corrected chi connectivity index (χ1v) is 12.0. The van der Waals surface area contributed by atoms with Gasteiger partial charge in [-0.2, -0.15) is 0 Å². The summed E-state index contributed by atoms with van der Waals surface area (Å²) in [6.07, 6.45) is 9.36. The Labute approximate surface area is 168 Å². The molecule has 1 aromatic carbocycles. The van der Waals surface area contributed by atoms with Gasteiger partial charge in [0.05, 0.1) is 12.7 Å². The SMILES string of the molecule is CCCCCO[C@@H]1CCc2cc([C@@H]3CC[C@](N)(COP(=O)(O)O)C3)ccc2C1. The average Bonchev–Trinajstić information content (AvgIpc) is 3.05. The van der Waals surface area contributed by atoms with E-state index < -0.39 is 13.4 Å². The van der Waals surface area contributed by atoms with Crippen LogP contribution in [0.4, 0.5) is 0 Å². The molecule has 1 aromatic rings. The fraction of sp³-hybridized carbons (Fsp3) is 0.714. The zero-order valence-corrected chi connectivity index (χ0v) is 17.7. The van der Waals surface area contributed by atoms with Gasteiger partial charge in [-0.1, -0.05) is 38.0 Å². The smallest absolute Gasteiger partial charge is 0.378 e. The third kappa shape index (κ3) is 6.12. The molecule has 0 heterocycles. The van der Waals surface area contributed by atoms with Crippen molar-refractivity contribution in [2.45, 2.75) is 82.3 Å². The molecule has 2 aliphatic carbocycles. The second-order valence-electron chi connectivity index (χ2n) is 8.54. The maximum absolute atomic E-state index is 11.0. The number of ether oxygens (including phenoxy) is 1. The van der Waals surface area contributed by atoms with E-state index in [2.05, 4.69) is 29.6 Å². The molecule has 2 aliphatic rings. The number of hydrogen-bond acceptors (Lipinski definition) is 4. The quantitative estimate of drug-likeness (QED) is 0.422. The van der Waals surface area contributed by atoms with Gasteiger partial charge in [0, 0.05) is 12.1 Å². The van der Waals surface area contributed by atoms with Crippen LogP contribution in [0.5, 0.6) is 0 Å². The van der Waals surface area contributed by atoms with Gasteiger partial charge in [-0.25, -0.2) is 4.57 Å². The molecular formula is C21H34NO5P. The highest BCUT2D eigenvalue weighted by Crippen LogP contribution is 2.44. The highest BCUT2D eigenvalue weighted by Gasteiger charge is 2.38. The van der Waals surface area contributed by atoms with Crippen LogP contribution in [0.3, 0.4) is 0 Å². The summed E-state index contributed by atoms with van der Waals surface area (Å²) in [6.45, 7) is 2.97. The summed E-state index contributed by atoms with van der Waals surface area (Å²) in [7, 11) is -4.48. The van der Waals surface area contributed by atoms with Gasteiger partial charge in [0.2, 0.25) is 0 Å². The van der Waals surface area contributed by atoms with Crippen LogP contribution in [0, 0.1) is 0 Å². The van der Waals surface area contributed by atoms with Gasteiger partial charge in [0.25, 0.3) is 0 Å². The molecule has 0 aliphatic heterocycles. The zero-order valence-electron chi connectivity index (χ0n) is 16.8. The van der Waals surface area contributed by atoms with Crippen molar-refractivity contribution < 1.29 is 23.6 Å². The summed E-state index contributed by atoms with van der Waals surface area (Å²) in [5, 5.41) is 0. The van der Waals surface area contributed by atoms with E-state index in [9.17, 15) is 4.57 Å². The maximum Gasteiger partial charge on any atom is 0.469 e. The molecule has 3 atom stereocenters. The van der Waals surface area contributed by atoms with Crippen LogP contribution < -0.4 is 5.73 Å². The van der Waals surface area contributed by atoms with Crippen LogP contribution in [-0.2, 0) is 26.7 Å². The number of rotatable bonds is 9. The molecule has 4 N–H and O–H groups in total. The number of fused-ring (bicyclic) bond motifs is 1. The van der Waals surface area contributed by atoms with Crippen molar-refractivity contribution in [3.8, 4) is 0 Å². The van der Waals surface area contributed by atoms with E-state index in [1.165, 1.54) is 29.5 Å². The van der Waals surface area contributed by atoms with Crippen LogP contribution in [0.1, 0.15) is 74.5 Å². The molecule has 0 saturated heterocycles. The fourth-order valence-electron chi connectivity index (χ4n) is 4.52. The zero-order chi connectivity index (χ0) is 20.2. The number of phosphoric ester groups is 1. The summed E-state index contributed by atoms with van der Waals surface area (Å²) < 4.78 is 21.7. The summed E-state index contributed by atoms with van der Waals surface area (Å²) >= 11 is 0. The molecule has 158 valence electrons. The summed E-state index contributed by atoms with van der Waals surface area (Å²) in [5.74, 6) is 0.318. The van der Waals surface area contributed by atoms with Crippen LogP contribution in [0.25, 0.3) is 0 Å². The van der Waals surface area contributed by atoms with Crippen LogP contribution in [0.15, 0.2) is 18.2 Å². The lowest BCUT2D eigenvalue weighted by atomic mass is 9.85. The lowest BCUT2D eigenvalue weighted by molar-refractivity contribution is 0.0419. The minimum absolute atomic E-state index is 0.101. The van der Waals surface area contributed by atoms with Crippen molar-refractivity contribution in [1.82, 2.24) is 0 Å². The number of hydrogen-bond donors (Lipinski definition) is 3. The molecule has 0 unspecified atom stereocenters. The highest BCUT2D eigenvalue weighted by atomic mass is 31.2. The lowest BCUT2D eigenvalue weighted by Gasteiger charge is -2.27. The Hall–Kier alpha value is -0.750. The highest BCUT2D eigenvalue weighted by molar-refractivity contribution is 7.46. The molecule has 28 heavy (non-hydrogen) atoms. The molecule has 0 spiro atoms. The second kappa shape index (κ2) is 9.38. The van der Waals surface area contributed by atoms with Crippen molar-refractivity contribution >= 4 is 7.82 Å². The third-order valence-corrected chi connectivity index (χ3v) is 6.62. The van der Waals surface area contributed by atoms with Gasteiger partial charge >= 0.3 is 7.82 Å². The molecule has 0 bridgehead atoms. The fourth-order valence-corrected chi connectivity index (χ4v) is 4.95. The monoisotopic (exact) mass is 411 g/mol. The van der Waals surface area contributed by atoms with E-state index in [0.717, 1.165) is 38.7 Å². The second-order valence-corrected chi connectivity index (χ2v) is 9.78. The third-order valence-electron chi connectivity index (χ3n) is 6.15. The summed E-state index contributed by atoms with van der Waals surface area (Å²) in [6, 6.07) is 6.73. The first-order valence-electron chi connectivity index (χ1n) is 10.5. The number of phosphoric acid groups is 1. The standard InChI is InChI=1S/C21H34NO5P/c1-2-3-4-11-26-20-8-7-16-12-17(5-6-18(16)13-20)19-9-10-21(22,14-19)15-27-28(23,24)25/h5-6,12,19-20H,2-4,7-11,13-15,22H2,1H3,(H2,23,24,25)/t19-,20-,21-/m1/s1. The van der Waals surface area contributed by atoms with Crippen molar-refractivity contribution in [3.63, 3.8) is 0 Å². The van der Waals surface area contributed by atoms with E-state index in [1.54, 1.807) is 0 Å². The van der Waals surface area contributed by atoms with Crippen LogP contribution in [0.2, 0.25) is 0 Å². The van der Waals surface area contributed by atoms with E-state index in [1.807, 2.05) is 0 Å². The molecular weight excluding hydrogens is 377 g/mol. The Morgan fingerprint density at radius 3 is 2.82 bits per heavy atom. The van der Waals surface area contributed by atoms with Gasteiger partial charge in [-0.3, -0.25) is 4.52 Å². The minimum Gasteiger partial charge on any atom is -0.378 e. The normalized spacial score (nSPS) is 27.7. The van der Waals surface area contributed by atoms with Gasteiger partial charge in [0.1, 0.15) is 0 Å². The van der Waals surface area contributed by atoms with E-state index in [0.29, 0.717) is 24.9 Å². The van der Waals surface area contributed by atoms with Crippen molar-refractivity contribution in [1.29, 1.82) is 0 Å². The Kier molecular flexibility index (Phi) is 7.35. The number of unbranched alkanes of at least 4 members (excludes halogenated alkanes) is 2. The average molecular weight is 411 g/mol. The van der Waals surface area contributed by atoms with E-state index >= 15 is 0 Å². The van der Waals surface area contributed by atoms with Gasteiger partial charge in [-0.15, -0.1) is 0 Å². The van der Waals surface area contributed by atoms with Gasteiger partial charge in [-0.05, 0) is 67.6 Å². The van der Waals surface area contributed by atoms with Crippen molar-refractivity contribution in [3.05, 3.63) is 34.9 Å². The largest absolute Gasteiger partial charge is 0.469 e. The molecule has 7 heteroatoms. The molecule has 0 aromatic heterocycles. The van der Waals surface area contributed by atoms with Crippen molar-refractivity contribution in [2.75, 3.05) is 13.2 Å². The Balaban J connectivity index is 1.56. The van der Waals surface area contributed by atoms with Crippen LogP contribution in [-0.4, -0.2) is 34.6 Å². The Bertz CT molecular complexity index is 706. The predicted molar refractivity (Wildman–Crippen MR) is 109 cm³/mol. The van der Waals surface area contributed by atoms with Gasteiger partial charge < -0.3 is 20.3 Å². The van der Waals surface area contributed by atoms with Crippen LogP contribution >= 0.6 is 7.82 Å². The van der Waals surface area contributed by atoms with E-state index in [-0.39, 0.29) is 6.61 Å². The number of nitrogens with two attached hydrogens (primary N) is 1. The molecule has 0 radical (unpaired) electrons. The maximum atomic E-state index is 11.0. The lowest BCUT2D eigenvalue weighted by Crippen LogP contribution is -2.41. The summed E-state index contributed by atoms with van der Waals surface area (Å²) in [5.41, 5.74) is 9.74. The first-order chi connectivity index (χ1) is 13.3. The molecule has 0 amide bonds. The molecule has 3 rings (SSSR count). The van der Waals surface area contributed by atoms with Crippen molar-refractivity contribution in [2.24, 2.45) is 5.73 Å².